The number of benzene rings is 2. The summed E-state index contributed by atoms with van der Waals surface area (Å²) in [5.41, 5.74) is 1.28. The van der Waals surface area contributed by atoms with Crippen LogP contribution in [0.15, 0.2) is 48.5 Å². The van der Waals surface area contributed by atoms with Crippen LogP contribution in [0.25, 0.3) is 0 Å². The lowest BCUT2D eigenvalue weighted by Gasteiger charge is -2.18. The minimum atomic E-state index is -3.49. The summed E-state index contributed by atoms with van der Waals surface area (Å²) in [6.07, 6.45) is 0. The molecule has 0 aliphatic carbocycles. The molecule has 2 aromatic carbocycles. The second-order valence-corrected chi connectivity index (χ2v) is 7.21. The Morgan fingerprint density at radius 2 is 1.71 bits per heavy atom. The summed E-state index contributed by atoms with van der Waals surface area (Å²) in [5.74, 6) is -0.561. The van der Waals surface area contributed by atoms with Gasteiger partial charge in [-0.3, -0.25) is 0 Å². The molecule has 112 valence electrons. The fourth-order valence-corrected chi connectivity index (χ4v) is 3.23. The second kappa shape index (κ2) is 6.56. The summed E-state index contributed by atoms with van der Waals surface area (Å²) < 4.78 is 38.7. The smallest absolute Gasteiger partial charge is 0.212 e. The summed E-state index contributed by atoms with van der Waals surface area (Å²) in [6.45, 7) is 0.198. The predicted octanol–water partition coefficient (Wildman–Crippen LogP) is 3.44. The first-order valence-corrected chi connectivity index (χ1v) is 8.29. The third kappa shape index (κ3) is 4.27. The van der Waals surface area contributed by atoms with Gasteiger partial charge in [0.1, 0.15) is 5.82 Å². The normalized spacial score (nSPS) is 11.8. The van der Waals surface area contributed by atoms with Crippen LogP contribution in [0.3, 0.4) is 0 Å². The number of hydrogen-bond acceptors (Lipinski definition) is 2. The number of hydrogen-bond donors (Lipinski definition) is 0. The highest BCUT2D eigenvalue weighted by atomic mass is 35.5. The molecule has 3 nitrogen and oxygen atoms in total. The molecule has 0 bridgehead atoms. The first kappa shape index (κ1) is 15.9. The molecule has 0 saturated heterocycles. The van der Waals surface area contributed by atoms with Gasteiger partial charge in [-0.05, 0) is 29.3 Å². The Morgan fingerprint density at radius 1 is 1.10 bits per heavy atom. The molecule has 0 fully saturated rings. The van der Waals surface area contributed by atoms with Crippen molar-refractivity contribution in [3.63, 3.8) is 0 Å². The van der Waals surface area contributed by atoms with E-state index >= 15 is 0 Å². The van der Waals surface area contributed by atoms with E-state index in [1.165, 1.54) is 35.6 Å². The summed E-state index contributed by atoms with van der Waals surface area (Å²) >= 11 is 6.03. The van der Waals surface area contributed by atoms with Crippen molar-refractivity contribution >= 4 is 21.6 Å². The standard InChI is InChI=1S/C15H15ClFNO2S/c1-18(10-13-4-2-3-5-15(13)16)21(19,20)11-12-6-8-14(17)9-7-12/h2-9H,10-11H2,1H3. The van der Waals surface area contributed by atoms with E-state index in [1.807, 2.05) is 6.07 Å². The highest BCUT2D eigenvalue weighted by Gasteiger charge is 2.19. The van der Waals surface area contributed by atoms with Crippen LogP contribution in [0.2, 0.25) is 5.02 Å². The predicted molar refractivity (Wildman–Crippen MR) is 81.9 cm³/mol. The Morgan fingerprint density at radius 3 is 2.33 bits per heavy atom. The van der Waals surface area contributed by atoms with Crippen LogP contribution < -0.4 is 0 Å². The molecule has 0 amide bonds. The zero-order chi connectivity index (χ0) is 15.5. The molecular weight excluding hydrogens is 313 g/mol. The maximum absolute atomic E-state index is 12.8. The van der Waals surface area contributed by atoms with Crippen molar-refractivity contribution in [1.29, 1.82) is 0 Å². The van der Waals surface area contributed by atoms with E-state index in [0.29, 0.717) is 10.6 Å². The van der Waals surface area contributed by atoms with Crippen LogP contribution in [-0.2, 0) is 22.3 Å². The van der Waals surface area contributed by atoms with E-state index in [1.54, 1.807) is 18.2 Å². The summed E-state index contributed by atoms with van der Waals surface area (Å²) in [6, 6.07) is 12.5. The van der Waals surface area contributed by atoms with Crippen LogP contribution in [0, 0.1) is 5.82 Å². The molecule has 0 atom stereocenters. The average Bonchev–Trinajstić information content (AvgIpc) is 2.43. The monoisotopic (exact) mass is 327 g/mol. The third-order valence-electron chi connectivity index (χ3n) is 3.09. The van der Waals surface area contributed by atoms with Gasteiger partial charge in [0, 0.05) is 18.6 Å². The van der Waals surface area contributed by atoms with Gasteiger partial charge in [0.25, 0.3) is 0 Å². The molecule has 0 spiro atoms. The SMILES string of the molecule is CN(Cc1ccccc1Cl)S(=O)(=O)Cc1ccc(F)cc1. The van der Waals surface area contributed by atoms with Gasteiger partial charge in [-0.2, -0.15) is 0 Å². The molecule has 2 rings (SSSR count). The molecule has 2 aromatic rings. The number of sulfonamides is 1. The molecule has 0 aliphatic rings. The number of nitrogens with zero attached hydrogens (tertiary/aromatic N) is 1. The van der Waals surface area contributed by atoms with Gasteiger partial charge in [-0.25, -0.2) is 17.1 Å². The highest BCUT2D eigenvalue weighted by Crippen LogP contribution is 2.19. The van der Waals surface area contributed by atoms with Gasteiger partial charge in [0.15, 0.2) is 0 Å². The first-order valence-electron chi connectivity index (χ1n) is 6.30. The molecule has 0 N–H and O–H groups in total. The van der Waals surface area contributed by atoms with E-state index in [9.17, 15) is 12.8 Å². The number of rotatable bonds is 5. The van der Waals surface area contributed by atoms with Gasteiger partial charge >= 0.3 is 0 Å². The second-order valence-electron chi connectivity index (χ2n) is 4.73. The molecule has 0 saturated carbocycles. The maximum Gasteiger partial charge on any atom is 0.218 e. The summed E-state index contributed by atoms with van der Waals surface area (Å²) in [4.78, 5) is 0. The van der Waals surface area contributed by atoms with Gasteiger partial charge in [-0.15, -0.1) is 0 Å². The number of halogens is 2. The van der Waals surface area contributed by atoms with E-state index in [4.69, 9.17) is 11.6 Å². The van der Waals surface area contributed by atoms with Crippen molar-refractivity contribution in [2.24, 2.45) is 0 Å². The Bertz CT molecular complexity index is 717. The summed E-state index contributed by atoms with van der Waals surface area (Å²) in [7, 11) is -1.99. The van der Waals surface area contributed by atoms with Crippen LogP contribution >= 0.6 is 11.6 Å². The largest absolute Gasteiger partial charge is 0.218 e. The molecule has 0 heterocycles. The third-order valence-corrected chi connectivity index (χ3v) is 5.23. The molecule has 0 unspecified atom stereocenters. The molecule has 0 radical (unpaired) electrons. The fraction of sp³-hybridized carbons (Fsp3) is 0.200. The lowest BCUT2D eigenvalue weighted by Crippen LogP contribution is -2.27. The quantitative estimate of drug-likeness (QED) is 0.843. The Kier molecular flexibility index (Phi) is 4.98. The van der Waals surface area contributed by atoms with Crippen molar-refractivity contribution in [3.8, 4) is 0 Å². The van der Waals surface area contributed by atoms with E-state index < -0.39 is 10.0 Å². The zero-order valence-corrected chi connectivity index (χ0v) is 13.0. The Labute approximate surface area is 129 Å². The Hall–Kier alpha value is -1.43. The summed E-state index contributed by atoms with van der Waals surface area (Å²) in [5, 5.41) is 0.529. The molecule has 0 aromatic heterocycles. The van der Waals surface area contributed by atoms with Crippen molar-refractivity contribution in [2.45, 2.75) is 12.3 Å². The van der Waals surface area contributed by atoms with Crippen molar-refractivity contribution in [1.82, 2.24) is 4.31 Å². The molecule has 6 heteroatoms. The van der Waals surface area contributed by atoms with Gasteiger partial charge in [-0.1, -0.05) is 41.9 Å². The van der Waals surface area contributed by atoms with Crippen molar-refractivity contribution < 1.29 is 12.8 Å². The minimum Gasteiger partial charge on any atom is -0.212 e. The van der Waals surface area contributed by atoms with Crippen LogP contribution in [0.1, 0.15) is 11.1 Å². The van der Waals surface area contributed by atoms with E-state index in [0.717, 1.165) is 5.56 Å². The topological polar surface area (TPSA) is 37.4 Å². The van der Waals surface area contributed by atoms with Gasteiger partial charge in [0.05, 0.1) is 5.75 Å². The lowest BCUT2D eigenvalue weighted by atomic mass is 10.2. The average molecular weight is 328 g/mol. The zero-order valence-electron chi connectivity index (χ0n) is 11.5. The fourth-order valence-electron chi connectivity index (χ4n) is 1.87. The molecule has 21 heavy (non-hydrogen) atoms. The van der Waals surface area contributed by atoms with Crippen LogP contribution in [0.5, 0.6) is 0 Å². The van der Waals surface area contributed by atoms with Crippen molar-refractivity contribution in [2.75, 3.05) is 7.05 Å². The van der Waals surface area contributed by atoms with Crippen molar-refractivity contribution in [3.05, 3.63) is 70.5 Å². The van der Waals surface area contributed by atoms with Crippen LogP contribution in [0.4, 0.5) is 4.39 Å². The molecule has 0 aliphatic heterocycles. The first-order chi connectivity index (χ1) is 9.88. The maximum atomic E-state index is 12.8. The molecular formula is C15H15ClFNO2S. The minimum absolute atomic E-state index is 0.172. The van der Waals surface area contributed by atoms with Crippen LogP contribution in [-0.4, -0.2) is 19.8 Å². The Balaban J connectivity index is 2.12. The van der Waals surface area contributed by atoms with Gasteiger partial charge in [0.2, 0.25) is 10.0 Å². The lowest BCUT2D eigenvalue weighted by molar-refractivity contribution is 0.466. The van der Waals surface area contributed by atoms with E-state index in [-0.39, 0.29) is 18.1 Å². The van der Waals surface area contributed by atoms with E-state index in [2.05, 4.69) is 0 Å². The highest BCUT2D eigenvalue weighted by molar-refractivity contribution is 7.88. The van der Waals surface area contributed by atoms with Gasteiger partial charge < -0.3 is 0 Å².